The molecule has 0 aromatic rings. The standard InChI is InChI=1S/C8H14O2/c1-6(2)7-4-3-5-10-8(7)9/h6-7H,3-5H2,1-2H3. The van der Waals surface area contributed by atoms with Gasteiger partial charge in [0, 0.05) is 0 Å². The van der Waals surface area contributed by atoms with Crippen molar-refractivity contribution in [1.82, 2.24) is 0 Å². The summed E-state index contributed by atoms with van der Waals surface area (Å²) >= 11 is 0. The number of rotatable bonds is 1. The SMILES string of the molecule is CC(C)C1CCCOC1=O. The fourth-order valence-electron chi connectivity index (χ4n) is 1.31. The Bertz CT molecular complexity index is 129. The van der Waals surface area contributed by atoms with Gasteiger partial charge in [-0.3, -0.25) is 4.79 Å². The molecule has 0 amide bonds. The van der Waals surface area contributed by atoms with Crippen molar-refractivity contribution in [1.29, 1.82) is 0 Å². The first-order valence-corrected chi connectivity index (χ1v) is 3.88. The van der Waals surface area contributed by atoms with Crippen LogP contribution in [0.4, 0.5) is 0 Å². The molecule has 1 aliphatic heterocycles. The minimum Gasteiger partial charge on any atom is -0.465 e. The van der Waals surface area contributed by atoms with E-state index < -0.39 is 0 Å². The van der Waals surface area contributed by atoms with E-state index in [1.54, 1.807) is 0 Å². The van der Waals surface area contributed by atoms with Crippen LogP contribution in [0.2, 0.25) is 0 Å². The van der Waals surface area contributed by atoms with Gasteiger partial charge in [0.05, 0.1) is 12.5 Å². The Kier molecular flexibility index (Phi) is 2.30. The van der Waals surface area contributed by atoms with Crippen LogP contribution in [0, 0.1) is 11.8 Å². The van der Waals surface area contributed by atoms with Crippen LogP contribution in [0.5, 0.6) is 0 Å². The fraction of sp³-hybridized carbons (Fsp3) is 0.875. The summed E-state index contributed by atoms with van der Waals surface area (Å²) < 4.78 is 4.91. The summed E-state index contributed by atoms with van der Waals surface area (Å²) in [5.74, 6) is 0.600. The van der Waals surface area contributed by atoms with Crippen LogP contribution in [0.1, 0.15) is 26.7 Å². The molecule has 0 aromatic heterocycles. The van der Waals surface area contributed by atoms with Crippen molar-refractivity contribution in [3.8, 4) is 0 Å². The maximum Gasteiger partial charge on any atom is 0.309 e. The Balaban J connectivity index is 2.48. The molecule has 1 heterocycles. The molecule has 1 fully saturated rings. The zero-order valence-electron chi connectivity index (χ0n) is 6.59. The van der Waals surface area contributed by atoms with E-state index in [4.69, 9.17) is 4.74 Å². The molecule has 1 unspecified atom stereocenters. The van der Waals surface area contributed by atoms with Gasteiger partial charge in [0.1, 0.15) is 0 Å². The Hall–Kier alpha value is -0.530. The Morgan fingerprint density at radius 2 is 2.30 bits per heavy atom. The molecule has 58 valence electrons. The lowest BCUT2D eigenvalue weighted by atomic mass is 9.90. The molecule has 1 atom stereocenters. The minimum atomic E-state index is 0.00116. The zero-order chi connectivity index (χ0) is 7.56. The van der Waals surface area contributed by atoms with Gasteiger partial charge in [0.25, 0.3) is 0 Å². The maximum atomic E-state index is 11.0. The first-order chi connectivity index (χ1) is 4.72. The van der Waals surface area contributed by atoms with E-state index in [1.165, 1.54) is 0 Å². The summed E-state index contributed by atoms with van der Waals surface area (Å²) in [5.41, 5.74) is 0. The van der Waals surface area contributed by atoms with Gasteiger partial charge in [-0.1, -0.05) is 13.8 Å². The molecule has 10 heavy (non-hydrogen) atoms. The van der Waals surface area contributed by atoms with E-state index in [-0.39, 0.29) is 11.9 Å². The van der Waals surface area contributed by atoms with Gasteiger partial charge in [-0.25, -0.2) is 0 Å². The zero-order valence-corrected chi connectivity index (χ0v) is 6.59. The molecule has 0 radical (unpaired) electrons. The van der Waals surface area contributed by atoms with Gasteiger partial charge in [-0.2, -0.15) is 0 Å². The molecule has 2 heteroatoms. The predicted octanol–water partition coefficient (Wildman–Crippen LogP) is 1.60. The van der Waals surface area contributed by atoms with Gasteiger partial charge < -0.3 is 4.74 Å². The minimum absolute atomic E-state index is 0.00116. The highest BCUT2D eigenvalue weighted by atomic mass is 16.5. The van der Waals surface area contributed by atoms with Gasteiger partial charge >= 0.3 is 5.97 Å². The molecule has 2 nitrogen and oxygen atoms in total. The molecule has 0 aliphatic carbocycles. The monoisotopic (exact) mass is 142 g/mol. The average Bonchev–Trinajstić information content (AvgIpc) is 1.88. The van der Waals surface area contributed by atoms with Crippen molar-refractivity contribution in [3.63, 3.8) is 0 Å². The fourth-order valence-corrected chi connectivity index (χ4v) is 1.31. The first kappa shape index (κ1) is 7.58. The number of hydrogen-bond acceptors (Lipinski definition) is 2. The molecule has 1 saturated heterocycles. The summed E-state index contributed by atoms with van der Waals surface area (Å²) in [7, 11) is 0. The van der Waals surface area contributed by atoms with E-state index >= 15 is 0 Å². The lowest BCUT2D eigenvalue weighted by Crippen LogP contribution is -2.27. The maximum absolute atomic E-state index is 11.0. The highest BCUT2D eigenvalue weighted by Gasteiger charge is 2.26. The van der Waals surface area contributed by atoms with Crippen molar-refractivity contribution in [3.05, 3.63) is 0 Å². The summed E-state index contributed by atoms with van der Waals surface area (Å²) in [4.78, 5) is 11.0. The van der Waals surface area contributed by atoms with Gasteiger partial charge in [-0.05, 0) is 18.8 Å². The molecule has 0 saturated carbocycles. The molecule has 0 bridgehead atoms. The second-order valence-corrected chi connectivity index (χ2v) is 3.16. The van der Waals surface area contributed by atoms with Crippen LogP contribution in [0.3, 0.4) is 0 Å². The van der Waals surface area contributed by atoms with Crippen LogP contribution in [-0.4, -0.2) is 12.6 Å². The van der Waals surface area contributed by atoms with Crippen molar-refractivity contribution >= 4 is 5.97 Å². The third-order valence-electron chi connectivity index (χ3n) is 2.01. The highest BCUT2D eigenvalue weighted by Crippen LogP contribution is 2.22. The topological polar surface area (TPSA) is 26.3 Å². The third-order valence-corrected chi connectivity index (χ3v) is 2.01. The van der Waals surface area contributed by atoms with Gasteiger partial charge in [0.2, 0.25) is 0 Å². The smallest absolute Gasteiger partial charge is 0.309 e. The van der Waals surface area contributed by atoms with Crippen LogP contribution in [0.25, 0.3) is 0 Å². The lowest BCUT2D eigenvalue weighted by Gasteiger charge is -2.23. The number of ether oxygens (including phenoxy) is 1. The quantitative estimate of drug-likeness (QED) is 0.520. The first-order valence-electron chi connectivity index (χ1n) is 3.88. The Morgan fingerprint density at radius 3 is 2.70 bits per heavy atom. The number of carbonyl (C=O) groups excluding carboxylic acids is 1. The second-order valence-electron chi connectivity index (χ2n) is 3.16. The van der Waals surface area contributed by atoms with Crippen molar-refractivity contribution in [2.24, 2.45) is 11.8 Å². The normalized spacial score (nSPS) is 26.7. The number of carbonyl (C=O) groups is 1. The van der Waals surface area contributed by atoms with E-state index in [0.717, 1.165) is 12.8 Å². The summed E-state index contributed by atoms with van der Waals surface area (Å²) in [6.07, 6.45) is 2.05. The van der Waals surface area contributed by atoms with Crippen molar-refractivity contribution < 1.29 is 9.53 Å². The summed E-state index contributed by atoms with van der Waals surface area (Å²) in [6, 6.07) is 0. The highest BCUT2D eigenvalue weighted by molar-refractivity contribution is 5.73. The van der Waals surface area contributed by atoms with Crippen LogP contribution in [-0.2, 0) is 9.53 Å². The van der Waals surface area contributed by atoms with E-state index in [1.807, 2.05) is 0 Å². The molecule has 0 spiro atoms. The number of cyclic esters (lactones) is 1. The Morgan fingerprint density at radius 1 is 1.60 bits per heavy atom. The molecular weight excluding hydrogens is 128 g/mol. The van der Waals surface area contributed by atoms with E-state index in [2.05, 4.69) is 13.8 Å². The lowest BCUT2D eigenvalue weighted by molar-refractivity contribution is -0.154. The van der Waals surface area contributed by atoms with Crippen molar-refractivity contribution in [2.45, 2.75) is 26.7 Å². The largest absolute Gasteiger partial charge is 0.465 e. The number of esters is 1. The summed E-state index contributed by atoms with van der Waals surface area (Å²) in [6.45, 7) is 4.76. The van der Waals surface area contributed by atoms with Crippen molar-refractivity contribution in [2.75, 3.05) is 6.61 Å². The summed E-state index contributed by atoms with van der Waals surface area (Å²) in [5, 5.41) is 0. The third kappa shape index (κ3) is 1.49. The Labute approximate surface area is 61.6 Å². The molecule has 0 N–H and O–H groups in total. The number of hydrogen-bond donors (Lipinski definition) is 0. The second kappa shape index (κ2) is 3.04. The van der Waals surface area contributed by atoms with Gasteiger partial charge in [-0.15, -0.1) is 0 Å². The molecule has 1 aliphatic rings. The van der Waals surface area contributed by atoms with Crippen LogP contribution in [0.15, 0.2) is 0 Å². The molecule has 0 aromatic carbocycles. The molecular formula is C8H14O2. The van der Waals surface area contributed by atoms with E-state index in [9.17, 15) is 4.79 Å². The average molecular weight is 142 g/mol. The van der Waals surface area contributed by atoms with Crippen LogP contribution >= 0.6 is 0 Å². The van der Waals surface area contributed by atoms with Crippen LogP contribution < -0.4 is 0 Å². The molecule has 1 rings (SSSR count). The van der Waals surface area contributed by atoms with E-state index in [0.29, 0.717) is 12.5 Å². The van der Waals surface area contributed by atoms with Gasteiger partial charge in [0.15, 0.2) is 0 Å². The predicted molar refractivity (Wildman–Crippen MR) is 38.5 cm³/mol.